The van der Waals surface area contributed by atoms with Gasteiger partial charge in [0.2, 0.25) is 5.95 Å². The third-order valence-corrected chi connectivity index (χ3v) is 2.60. The average molecular weight is 271 g/mol. The van der Waals surface area contributed by atoms with Crippen molar-refractivity contribution < 1.29 is 9.66 Å². The van der Waals surface area contributed by atoms with E-state index in [1.54, 1.807) is 30.5 Å². The van der Waals surface area contributed by atoms with Gasteiger partial charge in [0.05, 0.1) is 11.0 Å². The zero-order valence-electron chi connectivity index (χ0n) is 10.1. The fraction of sp³-hybridized carbons (Fsp3) is 0. The molecule has 1 aromatic carbocycles. The molecule has 0 unspecified atom stereocenters. The molecule has 2 heterocycles. The summed E-state index contributed by atoms with van der Waals surface area (Å²) >= 11 is 0. The third kappa shape index (κ3) is 2.09. The minimum Gasteiger partial charge on any atom is -0.453 e. The van der Waals surface area contributed by atoms with E-state index in [4.69, 9.17) is 10.5 Å². The van der Waals surface area contributed by atoms with Crippen LogP contribution in [0.25, 0.3) is 5.65 Å². The molecule has 0 fully saturated rings. The van der Waals surface area contributed by atoms with Crippen LogP contribution in [0.4, 0.5) is 11.6 Å². The number of nitro groups is 1. The molecule has 8 nitrogen and oxygen atoms in total. The number of nitrogen functional groups attached to an aromatic ring is 1. The molecule has 3 aromatic rings. The molecule has 2 aromatic heterocycles. The molecular formula is C12H9N5O3. The van der Waals surface area contributed by atoms with E-state index in [0.29, 0.717) is 17.1 Å². The predicted molar refractivity (Wildman–Crippen MR) is 70.6 cm³/mol. The molecular weight excluding hydrogens is 262 g/mol. The number of aromatic nitrogens is 3. The lowest BCUT2D eigenvalue weighted by atomic mass is 10.3. The van der Waals surface area contributed by atoms with Gasteiger partial charge in [-0.05, 0) is 18.2 Å². The minimum absolute atomic E-state index is 0.0459. The second kappa shape index (κ2) is 4.50. The number of pyridine rings is 1. The van der Waals surface area contributed by atoms with Crippen LogP contribution in [0.1, 0.15) is 0 Å². The molecule has 0 atom stereocenters. The summed E-state index contributed by atoms with van der Waals surface area (Å²) < 4.78 is 7.09. The second-order valence-corrected chi connectivity index (χ2v) is 3.97. The molecule has 0 aliphatic heterocycles. The molecule has 8 heteroatoms. The number of rotatable bonds is 3. The number of nitrogens with zero attached hydrogens (tertiary/aromatic N) is 4. The van der Waals surface area contributed by atoms with Crippen molar-refractivity contribution in [3.05, 3.63) is 52.7 Å². The normalized spacial score (nSPS) is 10.6. The van der Waals surface area contributed by atoms with Crippen molar-refractivity contribution in [2.24, 2.45) is 0 Å². The van der Waals surface area contributed by atoms with Crippen molar-refractivity contribution >= 4 is 17.3 Å². The fourth-order valence-corrected chi connectivity index (χ4v) is 1.77. The molecule has 0 aliphatic rings. The van der Waals surface area contributed by atoms with Crippen LogP contribution < -0.4 is 10.5 Å². The first kappa shape index (κ1) is 11.9. The highest BCUT2D eigenvalue weighted by Crippen LogP contribution is 2.27. The van der Waals surface area contributed by atoms with Crippen molar-refractivity contribution in [2.75, 3.05) is 5.73 Å². The lowest BCUT2D eigenvalue weighted by Gasteiger charge is -2.05. The Morgan fingerprint density at radius 1 is 1.30 bits per heavy atom. The summed E-state index contributed by atoms with van der Waals surface area (Å²) in [7, 11) is 0. The van der Waals surface area contributed by atoms with Crippen molar-refractivity contribution in [1.29, 1.82) is 0 Å². The van der Waals surface area contributed by atoms with Gasteiger partial charge in [0.25, 0.3) is 5.69 Å². The summed E-state index contributed by atoms with van der Waals surface area (Å²) in [6.45, 7) is 0. The van der Waals surface area contributed by atoms with Gasteiger partial charge in [0.15, 0.2) is 11.4 Å². The van der Waals surface area contributed by atoms with Gasteiger partial charge in [-0.2, -0.15) is 4.98 Å². The van der Waals surface area contributed by atoms with Gasteiger partial charge in [-0.3, -0.25) is 10.1 Å². The number of anilines is 1. The van der Waals surface area contributed by atoms with Gasteiger partial charge < -0.3 is 10.5 Å². The number of non-ortho nitro benzene ring substituents is 1. The molecule has 0 amide bonds. The average Bonchev–Trinajstić information content (AvgIpc) is 2.80. The Bertz CT molecular complexity index is 799. The van der Waals surface area contributed by atoms with Crippen LogP contribution >= 0.6 is 0 Å². The monoisotopic (exact) mass is 271 g/mol. The summed E-state index contributed by atoms with van der Waals surface area (Å²) in [5, 5.41) is 14.7. The maximum absolute atomic E-state index is 10.7. The van der Waals surface area contributed by atoms with Crippen LogP contribution in [0.2, 0.25) is 0 Å². The van der Waals surface area contributed by atoms with E-state index in [-0.39, 0.29) is 11.6 Å². The molecule has 100 valence electrons. The van der Waals surface area contributed by atoms with E-state index in [1.165, 1.54) is 16.6 Å². The van der Waals surface area contributed by atoms with Crippen LogP contribution in [-0.2, 0) is 0 Å². The zero-order chi connectivity index (χ0) is 14.1. The van der Waals surface area contributed by atoms with Gasteiger partial charge in [0.1, 0.15) is 5.75 Å². The zero-order valence-corrected chi connectivity index (χ0v) is 10.1. The number of benzene rings is 1. The third-order valence-electron chi connectivity index (χ3n) is 2.60. The van der Waals surface area contributed by atoms with Crippen molar-refractivity contribution in [1.82, 2.24) is 14.6 Å². The number of hydrogen-bond donors (Lipinski definition) is 1. The van der Waals surface area contributed by atoms with E-state index >= 15 is 0 Å². The Morgan fingerprint density at radius 2 is 2.15 bits per heavy atom. The lowest BCUT2D eigenvalue weighted by molar-refractivity contribution is -0.384. The predicted octanol–water partition coefficient (Wildman–Crippen LogP) is 2.01. The second-order valence-electron chi connectivity index (χ2n) is 3.97. The first-order valence-electron chi connectivity index (χ1n) is 5.67. The van der Waals surface area contributed by atoms with Gasteiger partial charge in [0, 0.05) is 12.3 Å². The van der Waals surface area contributed by atoms with Gasteiger partial charge in [-0.25, -0.2) is 4.52 Å². The van der Waals surface area contributed by atoms with E-state index in [9.17, 15) is 10.1 Å². The first-order valence-corrected chi connectivity index (χ1v) is 5.67. The quantitative estimate of drug-likeness (QED) is 0.576. The Hall–Kier alpha value is -3.16. The van der Waals surface area contributed by atoms with Crippen LogP contribution in [0.3, 0.4) is 0 Å². The van der Waals surface area contributed by atoms with E-state index in [1.807, 2.05) is 0 Å². The number of fused-ring (bicyclic) bond motifs is 1. The molecule has 0 radical (unpaired) electrons. The van der Waals surface area contributed by atoms with Crippen molar-refractivity contribution in [3.63, 3.8) is 0 Å². The summed E-state index contributed by atoms with van der Waals surface area (Å²) in [4.78, 5) is 14.3. The Kier molecular flexibility index (Phi) is 2.68. The summed E-state index contributed by atoms with van der Waals surface area (Å²) in [5.41, 5.74) is 5.92. The summed E-state index contributed by atoms with van der Waals surface area (Å²) in [6.07, 6.45) is 1.68. The Balaban J connectivity index is 2.01. The molecule has 2 N–H and O–H groups in total. The Labute approximate surface area is 112 Å². The molecule has 0 saturated heterocycles. The first-order chi connectivity index (χ1) is 9.63. The highest BCUT2D eigenvalue weighted by atomic mass is 16.6. The highest BCUT2D eigenvalue weighted by Gasteiger charge is 2.10. The topological polar surface area (TPSA) is 109 Å². The number of hydrogen-bond acceptors (Lipinski definition) is 6. The van der Waals surface area contributed by atoms with Crippen molar-refractivity contribution in [2.45, 2.75) is 0 Å². The van der Waals surface area contributed by atoms with E-state index in [2.05, 4.69) is 10.1 Å². The standard InChI is InChI=1S/C12H9N5O3/c13-12-14-11-10(5-2-6-16(11)15-12)20-9-4-1-3-8(7-9)17(18)19/h1-7H,(H2,13,15). The summed E-state index contributed by atoms with van der Waals surface area (Å²) in [6, 6.07) is 9.30. The minimum atomic E-state index is -0.484. The maximum atomic E-state index is 10.7. The largest absolute Gasteiger partial charge is 0.453 e. The number of nitrogens with two attached hydrogens (primary N) is 1. The van der Waals surface area contributed by atoms with Gasteiger partial charge >= 0.3 is 0 Å². The molecule has 0 bridgehead atoms. The molecule has 20 heavy (non-hydrogen) atoms. The van der Waals surface area contributed by atoms with Crippen molar-refractivity contribution in [3.8, 4) is 11.5 Å². The SMILES string of the molecule is Nc1nc2c(Oc3cccc([N+](=O)[O-])c3)cccn2n1. The highest BCUT2D eigenvalue weighted by molar-refractivity contribution is 5.56. The van der Waals surface area contributed by atoms with Crippen LogP contribution in [0.5, 0.6) is 11.5 Å². The van der Waals surface area contributed by atoms with Crippen LogP contribution in [0, 0.1) is 10.1 Å². The van der Waals surface area contributed by atoms with Crippen LogP contribution in [-0.4, -0.2) is 19.5 Å². The van der Waals surface area contributed by atoms with Gasteiger partial charge in [-0.15, -0.1) is 5.10 Å². The lowest BCUT2D eigenvalue weighted by Crippen LogP contribution is -1.92. The number of ether oxygens (including phenoxy) is 1. The molecule has 3 rings (SSSR count). The maximum Gasteiger partial charge on any atom is 0.273 e. The van der Waals surface area contributed by atoms with E-state index < -0.39 is 4.92 Å². The fourth-order valence-electron chi connectivity index (χ4n) is 1.77. The van der Waals surface area contributed by atoms with Crippen LogP contribution in [0.15, 0.2) is 42.6 Å². The number of nitro benzene ring substituents is 1. The van der Waals surface area contributed by atoms with E-state index in [0.717, 1.165) is 0 Å². The van der Waals surface area contributed by atoms with Gasteiger partial charge in [-0.1, -0.05) is 6.07 Å². The summed E-state index contributed by atoms with van der Waals surface area (Å²) in [5.74, 6) is 0.881. The molecule has 0 saturated carbocycles. The Morgan fingerprint density at radius 3 is 2.95 bits per heavy atom. The molecule has 0 spiro atoms. The smallest absolute Gasteiger partial charge is 0.273 e. The molecule has 0 aliphatic carbocycles.